The zero-order valence-corrected chi connectivity index (χ0v) is 42.6. The summed E-state index contributed by atoms with van der Waals surface area (Å²) < 4.78 is 12.0. The van der Waals surface area contributed by atoms with Gasteiger partial charge in [0.1, 0.15) is 12.2 Å². The molecule has 0 rings (SSSR count). The summed E-state index contributed by atoms with van der Waals surface area (Å²) in [5.41, 5.74) is 0. The number of rotatable bonds is 51. The van der Waals surface area contributed by atoms with Gasteiger partial charge in [0.2, 0.25) is 6.41 Å². The van der Waals surface area contributed by atoms with Gasteiger partial charge in [0.15, 0.2) is 0 Å². The van der Waals surface area contributed by atoms with Gasteiger partial charge >= 0.3 is 11.9 Å². The zero-order valence-electron chi connectivity index (χ0n) is 42.6. The summed E-state index contributed by atoms with van der Waals surface area (Å²) in [5, 5.41) is 0. The number of nitrogens with zero attached hydrogens (tertiary/aromatic N) is 1. The van der Waals surface area contributed by atoms with E-state index in [1.165, 1.54) is 199 Å². The summed E-state index contributed by atoms with van der Waals surface area (Å²) in [4.78, 5) is 40.0. The maximum Gasteiger partial charge on any atom is 0.306 e. The van der Waals surface area contributed by atoms with Crippen molar-refractivity contribution < 1.29 is 23.9 Å². The van der Waals surface area contributed by atoms with Gasteiger partial charge in [-0.1, -0.05) is 221 Å². The number of carbonyl (C=O) groups excluding carboxylic acids is 3. The first-order valence-corrected chi connectivity index (χ1v) is 28.0. The first-order chi connectivity index (χ1) is 30.4. The van der Waals surface area contributed by atoms with E-state index in [-0.39, 0.29) is 24.1 Å². The molecule has 0 saturated heterocycles. The molecule has 0 N–H and O–H groups in total. The summed E-state index contributed by atoms with van der Waals surface area (Å²) in [6, 6.07) is 0.343. The molecule has 0 unspecified atom stereocenters. The van der Waals surface area contributed by atoms with Crippen LogP contribution < -0.4 is 0 Å². The highest BCUT2D eigenvalue weighted by atomic mass is 16.5. The number of esters is 2. The first kappa shape index (κ1) is 60.4. The molecule has 0 aliphatic rings. The van der Waals surface area contributed by atoms with E-state index in [1.807, 2.05) is 0 Å². The fourth-order valence-electron chi connectivity index (χ4n) is 9.15. The van der Waals surface area contributed by atoms with Crippen molar-refractivity contribution in [2.75, 3.05) is 6.54 Å². The van der Waals surface area contributed by atoms with Crippen LogP contribution in [0.1, 0.15) is 317 Å². The van der Waals surface area contributed by atoms with Crippen LogP contribution in [0.5, 0.6) is 0 Å². The van der Waals surface area contributed by atoms with Crippen LogP contribution in [0.3, 0.4) is 0 Å². The third-order valence-corrected chi connectivity index (χ3v) is 13.3. The Hall–Kier alpha value is -1.59. The second-order valence-electron chi connectivity index (χ2n) is 19.4. The molecule has 6 heteroatoms. The Balaban J connectivity index is 4.67. The van der Waals surface area contributed by atoms with Crippen molar-refractivity contribution >= 4 is 18.3 Å². The fraction of sp³-hybridized carbons (Fsp3) is 0.946. The van der Waals surface area contributed by atoms with Crippen molar-refractivity contribution in [3.05, 3.63) is 0 Å². The second kappa shape index (κ2) is 48.9. The maximum atomic E-state index is 12.7. The lowest BCUT2D eigenvalue weighted by molar-refractivity contribution is -0.151. The molecule has 0 aliphatic carbocycles. The molecule has 0 radical (unpaired) electrons. The fourth-order valence-corrected chi connectivity index (χ4v) is 9.15. The molecule has 0 saturated carbocycles. The molecule has 0 heterocycles. The van der Waals surface area contributed by atoms with E-state index in [0.717, 1.165) is 83.6 Å². The lowest BCUT2D eigenvalue weighted by atomic mass is 9.98. The highest BCUT2D eigenvalue weighted by Crippen LogP contribution is 2.22. The van der Waals surface area contributed by atoms with Gasteiger partial charge in [0.25, 0.3) is 0 Å². The summed E-state index contributed by atoms with van der Waals surface area (Å²) >= 11 is 0. The van der Waals surface area contributed by atoms with Crippen molar-refractivity contribution in [1.29, 1.82) is 0 Å². The third kappa shape index (κ3) is 41.1. The SMILES string of the molecule is CCCCCCCCCCN(C=O)C(CCCCCCCCC(=O)OC(CCCCCC)CCCCCC)CCCCCCCCC(=O)OC(CCCCCC)CCCCCC. The molecule has 62 heavy (non-hydrogen) atoms. The number of amides is 1. The summed E-state index contributed by atoms with van der Waals surface area (Å²) in [6.07, 6.45) is 52.3. The Bertz CT molecular complexity index is 859. The molecule has 0 aliphatic heterocycles. The van der Waals surface area contributed by atoms with E-state index in [1.54, 1.807) is 0 Å². The van der Waals surface area contributed by atoms with Crippen molar-refractivity contribution in [1.82, 2.24) is 4.90 Å². The normalized spacial score (nSPS) is 11.6. The standard InChI is InChI=1S/C56H109NO5/c1-6-11-16-21-22-27-32-41-50-57(51-58)52(42-33-28-23-25-30-39-48-55(59)61-53(44-35-17-12-7-2)45-36-18-13-8-3)43-34-29-24-26-31-40-49-56(60)62-54(46-37-19-14-9-4)47-38-20-15-10-5/h51-54H,6-50H2,1-5H3. The molecule has 1 amide bonds. The molecule has 0 spiro atoms. The molecule has 0 aromatic rings. The molecule has 0 aromatic carbocycles. The number of ether oxygens (including phenoxy) is 2. The lowest BCUT2D eigenvalue weighted by Gasteiger charge is -2.29. The van der Waals surface area contributed by atoms with Gasteiger partial charge < -0.3 is 14.4 Å². The van der Waals surface area contributed by atoms with Crippen LogP contribution in [-0.2, 0) is 23.9 Å². The quantitative estimate of drug-likeness (QED) is 0.0346. The second-order valence-corrected chi connectivity index (χ2v) is 19.4. The minimum absolute atomic E-state index is 0.0132. The number of unbranched alkanes of at least 4 members (excludes halogenated alkanes) is 29. The number of carbonyl (C=O) groups is 3. The molecular formula is C56H109NO5. The smallest absolute Gasteiger partial charge is 0.306 e. The summed E-state index contributed by atoms with van der Waals surface area (Å²) in [7, 11) is 0. The average Bonchev–Trinajstić information content (AvgIpc) is 3.27. The molecule has 0 bridgehead atoms. The van der Waals surface area contributed by atoms with Gasteiger partial charge in [-0.25, -0.2) is 0 Å². The monoisotopic (exact) mass is 876 g/mol. The van der Waals surface area contributed by atoms with Gasteiger partial charge in [0.05, 0.1) is 0 Å². The Kier molecular flexibility index (Phi) is 47.6. The van der Waals surface area contributed by atoms with E-state index < -0.39 is 0 Å². The molecular weight excluding hydrogens is 767 g/mol. The van der Waals surface area contributed by atoms with Crippen molar-refractivity contribution in [2.24, 2.45) is 0 Å². The van der Waals surface area contributed by atoms with Gasteiger partial charge in [-0.2, -0.15) is 0 Å². The van der Waals surface area contributed by atoms with Crippen LogP contribution in [0.25, 0.3) is 0 Å². The predicted molar refractivity (Wildman–Crippen MR) is 268 cm³/mol. The zero-order chi connectivity index (χ0) is 45.4. The van der Waals surface area contributed by atoms with Crippen LogP contribution in [0.2, 0.25) is 0 Å². The van der Waals surface area contributed by atoms with E-state index in [9.17, 15) is 14.4 Å². The van der Waals surface area contributed by atoms with Crippen LogP contribution in [0, 0.1) is 0 Å². The minimum atomic E-state index is 0.0132. The van der Waals surface area contributed by atoms with Gasteiger partial charge in [-0.3, -0.25) is 14.4 Å². The molecule has 0 aromatic heterocycles. The molecule has 6 nitrogen and oxygen atoms in total. The number of hydrogen-bond acceptors (Lipinski definition) is 5. The summed E-state index contributed by atoms with van der Waals surface area (Å²) in [5.74, 6) is 0.0264. The van der Waals surface area contributed by atoms with E-state index in [4.69, 9.17) is 9.47 Å². The first-order valence-electron chi connectivity index (χ1n) is 28.0. The lowest BCUT2D eigenvalue weighted by Crippen LogP contribution is -2.35. The number of hydrogen-bond donors (Lipinski definition) is 0. The average molecular weight is 876 g/mol. The van der Waals surface area contributed by atoms with Crippen LogP contribution in [0.15, 0.2) is 0 Å². The van der Waals surface area contributed by atoms with Crippen LogP contribution >= 0.6 is 0 Å². The minimum Gasteiger partial charge on any atom is -0.462 e. The highest BCUT2D eigenvalue weighted by molar-refractivity contribution is 5.69. The molecule has 0 atom stereocenters. The Morgan fingerprint density at radius 1 is 0.355 bits per heavy atom. The third-order valence-electron chi connectivity index (χ3n) is 13.3. The topological polar surface area (TPSA) is 72.9 Å². The van der Waals surface area contributed by atoms with Gasteiger partial charge in [-0.15, -0.1) is 0 Å². The van der Waals surface area contributed by atoms with E-state index >= 15 is 0 Å². The molecule has 368 valence electrons. The van der Waals surface area contributed by atoms with Gasteiger partial charge in [-0.05, 0) is 83.5 Å². The van der Waals surface area contributed by atoms with Crippen molar-refractivity contribution in [3.63, 3.8) is 0 Å². The van der Waals surface area contributed by atoms with E-state index in [0.29, 0.717) is 18.9 Å². The Morgan fingerprint density at radius 3 is 0.935 bits per heavy atom. The van der Waals surface area contributed by atoms with Gasteiger partial charge in [0, 0.05) is 25.4 Å². The largest absolute Gasteiger partial charge is 0.462 e. The maximum absolute atomic E-state index is 12.7. The van der Waals surface area contributed by atoms with Crippen LogP contribution in [0.4, 0.5) is 0 Å². The molecule has 0 fully saturated rings. The highest BCUT2D eigenvalue weighted by Gasteiger charge is 2.18. The van der Waals surface area contributed by atoms with Crippen LogP contribution in [-0.4, -0.2) is 48.0 Å². The van der Waals surface area contributed by atoms with E-state index in [2.05, 4.69) is 39.5 Å². The predicted octanol–water partition coefficient (Wildman–Crippen LogP) is 17.9. The Labute approximate surface area is 387 Å². The summed E-state index contributed by atoms with van der Waals surface area (Å²) in [6.45, 7) is 12.1. The van der Waals surface area contributed by atoms with Crippen molar-refractivity contribution in [2.45, 2.75) is 335 Å². The van der Waals surface area contributed by atoms with Crippen molar-refractivity contribution in [3.8, 4) is 0 Å². The Morgan fingerprint density at radius 2 is 0.613 bits per heavy atom.